The van der Waals surface area contributed by atoms with Crippen LogP contribution in [0.3, 0.4) is 0 Å². The molecule has 3 aromatic rings. The van der Waals surface area contributed by atoms with Crippen molar-refractivity contribution in [1.29, 1.82) is 0 Å². The first kappa shape index (κ1) is 24.5. The molecule has 0 saturated heterocycles. The van der Waals surface area contributed by atoms with Crippen LogP contribution in [-0.2, 0) is 11.4 Å². The molecule has 1 aliphatic heterocycles. The highest BCUT2D eigenvalue weighted by Crippen LogP contribution is 2.34. The zero-order valence-electron chi connectivity index (χ0n) is 18.3. The Labute approximate surface area is 199 Å². The maximum atomic E-state index is 14.2. The summed E-state index contributed by atoms with van der Waals surface area (Å²) in [6.07, 6.45) is 1.33. The summed E-state index contributed by atoms with van der Waals surface area (Å²) in [5.74, 6) is -11.8. The van der Waals surface area contributed by atoms with Crippen molar-refractivity contribution in [3.8, 4) is 5.75 Å². The van der Waals surface area contributed by atoms with Gasteiger partial charge < -0.3 is 4.74 Å². The van der Waals surface area contributed by atoms with Crippen molar-refractivity contribution in [3.63, 3.8) is 0 Å². The van der Waals surface area contributed by atoms with Crippen LogP contribution < -0.4 is 9.75 Å². The number of carbonyl (C=O) groups excluding carboxylic acids is 1. The maximum absolute atomic E-state index is 14.2. The molecule has 0 aliphatic carbocycles. The lowest BCUT2D eigenvalue weighted by atomic mass is 10.1. The van der Waals surface area contributed by atoms with Crippen molar-refractivity contribution in [2.24, 2.45) is 5.10 Å². The molecular weight excluding hydrogens is 489 g/mol. The average molecular weight is 503 g/mol. The van der Waals surface area contributed by atoms with E-state index in [0.29, 0.717) is 16.9 Å². The third-order valence-corrected chi connectivity index (χ3v) is 5.18. The van der Waals surface area contributed by atoms with Crippen molar-refractivity contribution in [3.05, 3.63) is 104 Å². The van der Waals surface area contributed by atoms with Crippen LogP contribution >= 0.6 is 0 Å². The number of carbonyl (C=O) groups is 1. The highest BCUT2D eigenvalue weighted by atomic mass is 19.2. The Morgan fingerprint density at radius 2 is 1.58 bits per heavy atom. The van der Waals surface area contributed by atoms with Gasteiger partial charge in [-0.25, -0.2) is 22.0 Å². The predicted octanol–water partition coefficient (Wildman–Crippen LogP) is 5.68. The van der Waals surface area contributed by atoms with Gasteiger partial charge in [0, 0.05) is 12.1 Å². The second kappa shape index (κ2) is 9.56. The number of hydrogen-bond acceptors (Lipinski definition) is 5. The van der Waals surface area contributed by atoms with Crippen LogP contribution in [0.1, 0.15) is 18.1 Å². The van der Waals surface area contributed by atoms with Crippen molar-refractivity contribution in [1.82, 2.24) is 0 Å². The average Bonchev–Trinajstić information content (AvgIpc) is 3.13. The van der Waals surface area contributed by atoms with E-state index in [0.717, 1.165) is 0 Å². The predicted molar refractivity (Wildman–Crippen MR) is 119 cm³/mol. The van der Waals surface area contributed by atoms with Crippen LogP contribution in [0.25, 0.3) is 6.08 Å². The van der Waals surface area contributed by atoms with E-state index in [4.69, 9.17) is 4.74 Å². The first-order valence-electron chi connectivity index (χ1n) is 10.2. The molecule has 0 aromatic heterocycles. The third-order valence-electron chi connectivity index (χ3n) is 5.18. The number of hydrogen-bond donors (Lipinski definition) is 0. The van der Waals surface area contributed by atoms with E-state index in [9.17, 15) is 36.9 Å². The van der Waals surface area contributed by atoms with Crippen LogP contribution in [0.5, 0.6) is 5.75 Å². The quantitative estimate of drug-likeness (QED) is 0.108. The molecule has 184 valence electrons. The van der Waals surface area contributed by atoms with Gasteiger partial charge in [0.1, 0.15) is 18.0 Å². The number of benzene rings is 3. The Bertz CT molecular complexity index is 1430. The van der Waals surface area contributed by atoms with Crippen molar-refractivity contribution >= 4 is 29.1 Å². The molecule has 12 heteroatoms. The lowest BCUT2D eigenvalue weighted by Crippen LogP contribution is -2.25. The van der Waals surface area contributed by atoms with Gasteiger partial charge >= 0.3 is 0 Å². The van der Waals surface area contributed by atoms with Gasteiger partial charge in [-0.2, -0.15) is 10.1 Å². The molecule has 3 aromatic carbocycles. The van der Waals surface area contributed by atoms with Crippen molar-refractivity contribution < 1.29 is 36.4 Å². The molecule has 0 atom stereocenters. The van der Waals surface area contributed by atoms with Gasteiger partial charge in [0.25, 0.3) is 11.6 Å². The minimum atomic E-state index is -2.34. The molecule has 7 nitrogen and oxygen atoms in total. The number of rotatable bonds is 6. The summed E-state index contributed by atoms with van der Waals surface area (Å²) in [6, 6.07) is 12.1. The number of halogens is 5. The van der Waals surface area contributed by atoms with E-state index in [1.54, 1.807) is 24.3 Å². The summed E-state index contributed by atoms with van der Waals surface area (Å²) in [4.78, 5) is 23.0. The number of nitrogens with zero attached hydrogens (tertiary/aromatic N) is 3. The minimum Gasteiger partial charge on any atom is -0.489 e. The van der Waals surface area contributed by atoms with Gasteiger partial charge in [-0.1, -0.05) is 12.1 Å². The lowest BCUT2D eigenvalue weighted by molar-refractivity contribution is -0.384. The summed E-state index contributed by atoms with van der Waals surface area (Å²) < 4.78 is 74.6. The Morgan fingerprint density at radius 3 is 2.19 bits per heavy atom. The Hall–Kier alpha value is -4.61. The zero-order chi connectivity index (χ0) is 26.1. The van der Waals surface area contributed by atoms with E-state index in [1.165, 1.54) is 37.3 Å². The topological polar surface area (TPSA) is 85.0 Å². The smallest absolute Gasteiger partial charge is 0.280 e. The molecule has 1 heterocycles. The molecular formula is C24H14F5N3O4. The molecule has 0 spiro atoms. The molecule has 0 bridgehead atoms. The second-order valence-corrected chi connectivity index (χ2v) is 7.56. The fourth-order valence-corrected chi connectivity index (χ4v) is 3.36. The van der Waals surface area contributed by atoms with E-state index >= 15 is 0 Å². The van der Waals surface area contributed by atoms with Crippen LogP contribution in [0.4, 0.5) is 33.3 Å². The lowest BCUT2D eigenvalue weighted by Gasteiger charge is -2.15. The van der Waals surface area contributed by atoms with Crippen LogP contribution in [0.2, 0.25) is 0 Å². The highest BCUT2D eigenvalue weighted by Gasteiger charge is 2.37. The van der Waals surface area contributed by atoms with Gasteiger partial charge in [0.05, 0.1) is 16.2 Å². The van der Waals surface area contributed by atoms with Crippen LogP contribution in [-0.4, -0.2) is 16.5 Å². The van der Waals surface area contributed by atoms with E-state index in [2.05, 4.69) is 5.10 Å². The molecule has 36 heavy (non-hydrogen) atoms. The summed E-state index contributed by atoms with van der Waals surface area (Å²) in [5.41, 5.74) is -0.595. The molecule has 0 N–H and O–H groups in total. The first-order valence-corrected chi connectivity index (χ1v) is 10.2. The molecule has 0 fully saturated rings. The van der Waals surface area contributed by atoms with Gasteiger partial charge in [-0.05, 0) is 48.4 Å². The fourth-order valence-electron chi connectivity index (χ4n) is 3.36. The molecule has 0 saturated carbocycles. The number of nitro groups is 1. The molecule has 0 unspecified atom stereocenters. The Morgan fingerprint density at radius 1 is 0.972 bits per heavy atom. The standard InChI is InChI=1S/C24H14F5N3O4/c1-12-17(24(33)31(30-12)23-21(28)19(26)18(25)20(27)22(23)29)10-14-3-2-4-16(9-14)36-11-13-5-7-15(8-6-13)32(34)35/h2-10H,11H2,1H3/b17-10-. The number of hydrazone groups is 1. The van der Waals surface area contributed by atoms with Crippen LogP contribution in [0.15, 0.2) is 59.2 Å². The highest BCUT2D eigenvalue weighted by molar-refractivity contribution is 6.32. The molecule has 0 radical (unpaired) electrons. The monoisotopic (exact) mass is 503 g/mol. The third kappa shape index (κ3) is 4.52. The molecule has 4 rings (SSSR count). The van der Waals surface area contributed by atoms with E-state index in [-0.39, 0.29) is 28.6 Å². The number of non-ortho nitro benzene ring substituents is 1. The Kier molecular flexibility index (Phi) is 6.51. The molecule has 1 amide bonds. The van der Waals surface area contributed by atoms with Crippen LogP contribution in [0, 0.1) is 39.2 Å². The van der Waals surface area contributed by atoms with Gasteiger partial charge in [0.15, 0.2) is 23.3 Å². The fraction of sp³-hybridized carbons (Fsp3) is 0.0833. The summed E-state index contributed by atoms with van der Waals surface area (Å²) in [6.45, 7) is 1.43. The normalized spacial score (nSPS) is 14.4. The van der Waals surface area contributed by atoms with Crippen molar-refractivity contribution in [2.75, 3.05) is 5.01 Å². The number of anilines is 1. The van der Waals surface area contributed by atoms with Gasteiger partial charge in [-0.15, -0.1) is 0 Å². The number of ether oxygens (including phenoxy) is 1. The number of amides is 1. The largest absolute Gasteiger partial charge is 0.489 e. The minimum absolute atomic E-state index is 0.0128. The van der Waals surface area contributed by atoms with E-state index in [1.807, 2.05) is 0 Å². The first-order chi connectivity index (χ1) is 17.1. The SMILES string of the molecule is CC1=NN(c2c(F)c(F)c(F)c(F)c2F)C(=O)/C1=C\c1cccc(OCc2ccc([N+](=O)[O-])cc2)c1. The summed E-state index contributed by atoms with van der Waals surface area (Å²) in [7, 11) is 0. The number of nitro benzene ring substituents is 1. The maximum Gasteiger partial charge on any atom is 0.280 e. The van der Waals surface area contributed by atoms with E-state index < -0.39 is 45.6 Å². The zero-order valence-corrected chi connectivity index (χ0v) is 18.3. The molecule has 1 aliphatic rings. The van der Waals surface area contributed by atoms with Gasteiger partial charge in [0.2, 0.25) is 5.82 Å². The Balaban J connectivity index is 1.56. The van der Waals surface area contributed by atoms with Crippen molar-refractivity contribution in [2.45, 2.75) is 13.5 Å². The van der Waals surface area contributed by atoms with Gasteiger partial charge in [-0.3, -0.25) is 14.9 Å². The second-order valence-electron chi connectivity index (χ2n) is 7.56. The summed E-state index contributed by atoms with van der Waals surface area (Å²) >= 11 is 0. The summed E-state index contributed by atoms with van der Waals surface area (Å²) in [5, 5.41) is 14.6.